The summed E-state index contributed by atoms with van der Waals surface area (Å²) in [6.45, 7) is 0. The van der Waals surface area contributed by atoms with Gasteiger partial charge >= 0.3 is 0 Å². The minimum atomic E-state index is -0.00612. The number of carbonyl (C=O) groups is 1. The van der Waals surface area contributed by atoms with E-state index in [4.69, 9.17) is 4.98 Å². The Morgan fingerprint density at radius 2 is 1.54 bits per heavy atom. The third-order valence-corrected chi connectivity index (χ3v) is 4.05. The molecule has 0 N–H and O–H groups in total. The maximum absolute atomic E-state index is 12.3. The molecule has 0 fully saturated rings. The van der Waals surface area contributed by atoms with Crippen LogP contribution in [0.25, 0.3) is 27.9 Å². The van der Waals surface area contributed by atoms with Gasteiger partial charge in [-0.05, 0) is 24.3 Å². The fraction of sp³-hybridized carbons (Fsp3) is 0. The van der Waals surface area contributed by atoms with E-state index >= 15 is 0 Å². The Balaban J connectivity index is 1.77. The van der Waals surface area contributed by atoms with E-state index in [1.165, 1.54) is 0 Å². The summed E-state index contributed by atoms with van der Waals surface area (Å²) in [4.78, 5) is 17.0. The molecule has 1 aromatic heterocycles. The van der Waals surface area contributed by atoms with Crippen LogP contribution in [-0.2, 0) is 0 Å². The van der Waals surface area contributed by atoms with Crippen LogP contribution in [0, 0.1) is 0 Å². The number of rotatable bonds is 3. The Morgan fingerprint density at radius 3 is 2.42 bits per heavy atom. The number of hydrogen-bond donors (Lipinski definition) is 0. The van der Waals surface area contributed by atoms with E-state index in [2.05, 4.69) is 12.1 Å². The number of ketones is 1. The summed E-state index contributed by atoms with van der Waals surface area (Å²) < 4.78 is 0. The molecule has 0 bridgehead atoms. The maximum Gasteiger partial charge on any atom is 0.185 e. The molecule has 4 rings (SSSR count). The molecule has 4 aromatic rings. The van der Waals surface area contributed by atoms with Gasteiger partial charge in [-0.1, -0.05) is 66.7 Å². The van der Waals surface area contributed by atoms with Gasteiger partial charge in [-0.15, -0.1) is 0 Å². The van der Waals surface area contributed by atoms with Gasteiger partial charge in [-0.25, -0.2) is 4.98 Å². The highest BCUT2D eigenvalue weighted by atomic mass is 16.1. The molecule has 114 valence electrons. The molecule has 24 heavy (non-hydrogen) atoms. The van der Waals surface area contributed by atoms with Gasteiger partial charge in [0.2, 0.25) is 0 Å². The second kappa shape index (κ2) is 6.09. The number of benzene rings is 3. The molecule has 0 saturated heterocycles. The molecule has 2 heteroatoms. The van der Waals surface area contributed by atoms with Crippen LogP contribution in [0.2, 0.25) is 0 Å². The van der Waals surface area contributed by atoms with Gasteiger partial charge in [-0.3, -0.25) is 4.79 Å². The van der Waals surface area contributed by atoms with Crippen LogP contribution in [-0.4, -0.2) is 10.8 Å². The number of hydrogen-bond acceptors (Lipinski definition) is 2. The first-order valence-corrected chi connectivity index (χ1v) is 7.87. The number of nitrogens with zero attached hydrogens (tertiary/aromatic N) is 1. The Hall–Kier alpha value is -3.26. The summed E-state index contributed by atoms with van der Waals surface area (Å²) in [7, 11) is 0. The number of pyridine rings is 1. The highest BCUT2D eigenvalue weighted by molar-refractivity contribution is 6.08. The standard InChI is InChI=1S/C22H15NO/c24-21(16-7-2-1-3-8-16)14-13-17-10-6-11-19-15-18-9-4-5-12-20(18)23-22(17)19/h1-15H/b14-13+. The van der Waals surface area contributed by atoms with Crippen molar-refractivity contribution in [1.29, 1.82) is 0 Å². The monoisotopic (exact) mass is 309 g/mol. The van der Waals surface area contributed by atoms with Crippen LogP contribution in [0.15, 0.2) is 84.9 Å². The van der Waals surface area contributed by atoms with Gasteiger partial charge in [0.05, 0.1) is 11.0 Å². The molecular formula is C22H15NO. The van der Waals surface area contributed by atoms with Crippen LogP contribution in [0.1, 0.15) is 15.9 Å². The first kappa shape index (κ1) is 14.3. The number of fused-ring (bicyclic) bond motifs is 2. The SMILES string of the molecule is O=C(/C=C/c1cccc2cc3ccccc3nc12)c1ccccc1. The number of allylic oxidation sites excluding steroid dienone is 1. The minimum absolute atomic E-state index is 0.00612. The first-order valence-electron chi connectivity index (χ1n) is 7.87. The van der Waals surface area contributed by atoms with E-state index in [0.717, 1.165) is 27.4 Å². The second-order valence-corrected chi connectivity index (χ2v) is 5.66. The second-order valence-electron chi connectivity index (χ2n) is 5.66. The highest BCUT2D eigenvalue weighted by Gasteiger charge is 2.04. The normalized spacial score (nSPS) is 11.3. The van der Waals surface area contributed by atoms with Crippen LogP contribution >= 0.6 is 0 Å². The zero-order chi connectivity index (χ0) is 16.4. The highest BCUT2D eigenvalue weighted by Crippen LogP contribution is 2.23. The van der Waals surface area contributed by atoms with Crippen molar-refractivity contribution in [3.05, 3.63) is 96.1 Å². The predicted molar refractivity (Wildman–Crippen MR) is 99.1 cm³/mol. The molecule has 0 aliphatic heterocycles. The smallest absolute Gasteiger partial charge is 0.185 e. The van der Waals surface area contributed by atoms with Gasteiger partial charge in [0.15, 0.2) is 5.78 Å². The molecule has 0 unspecified atom stereocenters. The van der Waals surface area contributed by atoms with Crippen molar-refractivity contribution in [2.45, 2.75) is 0 Å². The van der Waals surface area contributed by atoms with Crippen molar-refractivity contribution in [3.63, 3.8) is 0 Å². The number of aromatic nitrogens is 1. The zero-order valence-corrected chi connectivity index (χ0v) is 13.0. The average Bonchev–Trinajstić information content (AvgIpc) is 2.65. The quantitative estimate of drug-likeness (QED) is 0.292. The summed E-state index contributed by atoms with van der Waals surface area (Å²) in [5, 5.41) is 2.19. The van der Waals surface area contributed by atoms with E-state index in [1.54, 1.807) is 6.08 Å². The van der Waals surface area contributed by atoms with E-state index in [0.29, 0.717) is 5.56 Å². The van der Waals surface area contributed by atoms with Crippen LogP contribution in [0.5, 0.6) is 0 Å². The summed E-state index contributed by atoms with van der Waals surface area (Å²) in [5.41, 5.74) is 3.50. The Kier molecular flexibility index (Phi) is 3.64. The van der Waals surface area contributed by atoms with Crippen molar-refractivity contribution in [3.8, 4) is 0 Å². The lowest BCUT2D eigenvalue weighted by atomic mass is 10.1. The van der Waals surface area contributed by atoms with Crippen LogP contribution in [0.3, 0.4) is 0 Å². The lowest BCUT2D eigenvalue weighted by Crippen LogP contribution is -1.93. The topological polar surface area (TPSA) is 30.0 Å². The molecule has 0 aliphatic carbocycles. The predicted octanol–water partition coefficient (Wildman–Crippen LogP) is 5.28. The van der Waals surface area contributed by atoms with Crippen molar-refractivity contribution in [2.75, 3.05) is 0 Å². The molecule has 0 aliphatic rings. The molecule has 2 nitrogen and oxygen atoms in total. The third kappa shape index (κ3) is 2.70. The third-order valence-electron chi connectivity index (χ3n) is 4.05. The van der Waals surface area contributed by atoms with Gasteiger partial charge in [0.25, 0.3) is 0 Å². The largest absolute Gasteiger partial charge is 0.289 e. The maximum atomic E-state index is 12.3. The summed E-state index contributed by atoms with van der Waals surface area (Å²) in [6, 6.07) is 25.5. The molecule has 3 aromatic carbocycles. The fourth-order valence-electron chi connectivity index (χ4n) is 2.82. The van der Waals surface area contributed by atoms with Crippen molar-refractivity contribution < 1.29 is 4.79 Å². The van der Waals surface area contributed by atoms with E-state index in [-0.39, 0.29) is 5.78 Å². The fourth-order valence-corrected chi connectivity index (χ4v) is 2.82. The van der Waals surface area contributed by atoms with Crippen molar-refractivity contribution >= 4 is 33.7 Å². The molecular weight excluding hydrogens is 294 g/mol. The van der Waals surface area contributed by atoms with Gasteiger partial charge in [0, 0.05) is 21.9 Å². The van der Waals surface area contributed by atoms with Crippen LogP contribution < -0.4 is 0 Å². The first-order chi connectivity index (χ1) is 11.8. The lowest BCUT2D eigenvalue weighted by Gasteiger charge is -2.04. The number of carbonyl (C=O) groups excluding carboxylic acids is 1. The van der Waals surface area contributed by atoms with E-state index < -0.39 is 0 Å². The summed E-state index contributed by atoms with van der Waals surface area (Å²) in [5.74, 6) is -0.00612. The van der Waals surface area contributed by atoms with Gasteiger partial charge in [-0.2, -0.15) is 0 Å². The number of para-hydroxylation sites is 2. The van der Waals surface area contributed by atoms with E-state index in [1.807, 2.05) is 72.8 Å². The molecule has 1 heterocycles. The summed E-state index contributed by atoms with van der Waals surface area (Å²) in [6.07, 6.45) is 3.46. The molecule has 0 spiro atoms. The van der Waals surface area contributed by atoms with E-state index in [9.17, 15) is 4.79 Å². The lowest BCUT2D eigenvalue weighted by molar-refractivity contribution is 0.104. The van der Waals surface area contributed by atoms with Crippen molar-refractivity contribution in [1.82, 2.24) is 4.98 Å². The molecule has 0 amide bonds. The van der Waals surface area contributed by atoms with Crippen LogP contribution in [0.4, 0.5) is 0 Å². The molecule has 0 radical (unpaired) electrons. The molecule has 0 atom stereocenters. The Morgan fingerprint density at radius 1 is 0.792 bits per heavy atom. The summed E-state index contributed by atoms with van der Waals surface area (Å²) >= 11 is 0. The zero-order valence-electron chi connectivity index (χ0n) is 13.0. The average molecular weight is 309 g/mol. The van der Waals surface area contributed by atoms with Gasteiger partial charge < -0.3 is 0 Å². The Labute approximate surface area is 140 Å². The Bertz CT molecular complexity index is 1060. The molecule has 0 saturated carbocycles. The van der Waals surface area contributed by atoms with Crippen molar-refractivity contribution in [2.24, 2.45) is 0 Å². The minimum Gasteiger partial charge on any atom is -0.289 e. The van der Waals surface area contributed by atoms with Gasteiger partial charge in [0.1, 0.15) is 0 Å².